The van der Waals surface area contributed by atoms with Crippen molar-refractivity contribution < 1.29 is 5.32 Å². The summed E-state index contributed by atoms with van der Waals surface area (Å²) < 4.78 is 2.45. The minimum Gasteiger partial charge on any atom is -0.313 e. The fourth-order valence-corrected chi connectivity index (χ4v) is 7.37. The number of rotatable bonds is 6. The first-order valence-corrected chi connectivity index (χ1v) is 17.1. The van der Waals surface area contributed by atoms with E-state index in [4.69, 9.17) is 4.99 Å². The second kappa shape index (κ2) is 12.5. The van der Waals surface area contributed by atoms with Crippen molar-refractivity contribution in [1.29, 1.82) is 0 Å². The van der Waals surface area contributed by atoms with Gasteiger partial charge in [0.2, 0.25) is 5.84 Å². The number of amidine groups is 1. The number of nitrogens with two attached hydrogens (primary N) is 1. The van der Waals surface area contributed by atoms with Gasteiger partial charge >= 0.3 is 0 Å². The van der Waals surface area contributed by atoms with Crippen LogP contribution >= 0.6 is 0 Å². The summed E-state index contributed by atoms with van der Waals surface area (Å²) in [6.07, 6.45) is 9.01. The second-order valence-corrected chi connectivity index (χ2v) is 12.9. The van der Waals surface area contributed by atoms with E-state index in [1.54, 1.807) is 0 Å². The molecule has 1 aliphatic heterocycles. The van der Waals surface area contributed by atoms with Crippen molar-refractivity contribution in [1.82, 2.24) is 4.57 Å². The molecule has 0 fully saturated rings. The largest absolute Gasteiger partial charge is 0.313 e. The number of allylic oxidation sites excluding steroid dienone is 1. The van der Waals surface area contributed by atoms with E-state index in [1.807, 2.05) is 0 Å². The number of quaternary nitrogens is 1. The van der Waals surface area contributed by atoms with Gasteiger partial charge in [-0.2, -0.15) is 4.99 Å². The highest BCUT2D eigenvalue weighted by Gasteiger charge is 2.24. The number of para-hydroxylation sites is 1. The second-order valence-electron chi connectivity index (χ2n) is 12.9. The Morgan fingerprint density at radius 2 is 1.20 bits per heavy atom. The quantitative estimate of drug-likeness (QED) is 0.190. The summed E-state index contributed by atoms with van der Waals surface area (Å²) >= 11 is 0. The first-order chi connectivity index (χ1) is 24.3. The molecular formula is C46H36N3+. The molecule has 3 heteroatoms. The fourth-order valence-electron chi connectivity index (χ4n) is 7.37. The lowest BCUT2D eigenvalue weighted by atomic mass is 9.97. The van der Waals surface area contributed by atoms with E-state index in [0.717, 1.165) is 35.5 Å². The van der Waals surface area contributed by atoms with Crippen LogP contribution in [0.5, 0.6) is 0 Å². The highest BCUT2D eigenvalue weighted by Crippen LogP contribution is 2.35. The Bertz CT molecular complexity index is 2380. The SMILES string of the molecule is C1=Cc2c(n(-c3ccc(-c4cccc(-c5ccc(C6=NC(c7ccccc7)=CC(c7ccccc7)[NH2+]6)cc5)c4)cc3)c3ccccc23)CC1. The minimum absolute atomic E-state index is 0.158. The molecule has 0 bridgehead atoms. The predicted octanol–water partition coefficient (Wildman–Crippen LogP) is 10.0. The molecule has 0 radical (unpaired) electrons. The van der Waals surface area contributed by atoms with Crippen molar-refractivity contribution in [3.63, 3.8) is 0 Å². The van der Waals surface area contributed by atoms with Crippen molar-refractivity contribution in [3.8, 4) is 27.9 Å². The molecule has 49 heavy (non-hydrogen) atoms. The number of nitrogens with zero attached hydrogens (tertiary/aromatic N) is 2. The topological polar surface area (TPSA) is 33.9 Å². The molecule has 1 aliphatic carbocycles. The molecule has 9 rings (SSSR count). The Morgan fingerprint density at radius 1 is 0.571 bits per heavy atom. The van der Waals surface area contributed by atoms with Gasteiger partial charge in [-0.25, -0.2) is 0 Å². The molecule has 0 amide bonds. The van der Waals surface area contributed by atoms with Crippen LogP contribution in [0.3, 0.4) is 0 Å². The number of aromatic nitrogens is 1. The molecule has 1 atom stereocenters. The summed E-state index contributed by atoms with van der Waals surface area (Å²) in [7, 11) is 0. The third kappa shape index (κ3) is 5.54. The average molecular weight is 631 g/mol. The lowest BCUT2D eigenvalue weighted by Gasteiger charge is -2.20. The number of benzene rings is 6. The van der Waals surface area contributed by atoms with Crippen molar-refractivity contribution in [2.45, 2.75) is 18.9 Å². The summed E-state index contributed by atoms with van der Waals surface area (Å²) in [5.41, 5.74) is 14.6. The fraction of sp³-hybridized carbons (Fsp3) is 0.0652. The maximum atomic E-state index is 5.14. The Morgan fingerprint density at radius 3 is 1.96 bits per heavy atom. The summed E-state index contributed by atoms with van der Waals surface area (Å²) in [4.78, 5) is 5.14. The Hall–Kier alpha value is -6.03. The van der Waals surface area contributed by atoms with Crippen LogP contribution in [-0.2, 0) is 6.42 Å². The van der Waals surface area contributed by atoms with E-state index >= 15 is 0 Å². The molecule has 6 aromatic carbocycles. The zero-order chi connectivity index (χ0) is 32.6. The monoisotopic (exact) mass is 630 g/mol. The molecule has 1 unspecified atom stereocenters. The maximum Gasteiger partial charge on any atom is 0.232 e. The number of hydrogen-bond acceptors (Lipinski definition) is 1. The van der Waals surface area contributed by atoms with Gasteiger partial charge in [-0.05, 0) is 71.5 Å². The Kier molecular flexibility index (Phi) is 7.45. The van der Waals surface area contributed by atoms with Gasteiger partial charge in [-0.3, -0.25) is 5.32 Å². The van der Waals surface area contributed by atoms with Gasteiger partial charge in [0.05, 0.1) is 16.8 Å². The van der Waals surface area contributed by atoms with E-state index in [2.05, 4.69) is 186 Å². The smallest absolute Gasteiger partial charge is 0.232 e. The third-order valence-corrected chi connectivity index (χ3v) is 9.85. The summed E-state index contributed by atoms with van der Waals surface area (Å²) in [5, 5.41) is 3.61. The standard InChI is InChI=1S/C46H35N3/c1-3-12-34(13-4-1)42-31-43(35-14-5-2-6-15-35)48-46(47-42)36-24-22-32(23-25-36)37-16-11-17-38(30-37)33-26-28-39(29-27-33)49-44-20-9-7-18-40(44)41-19-8-10-21-45(41)49/h1-9,11-20,22-31,42H,10,21H2,(H,47,48)/p+1. The van der Waals surface area contributed by atoms with Crippen LogP contribution < -0.4 is 5.32 Å². The highest BCUT2D eigenvalue weighted by atomic mass is 15.0. The first kappa shape index (κ1) is 29.1. The molecule has 7 aromatic rings. The summed E-state index contributed by atoms with van der Waals surface area (Å²) in [6.45, 7) is 0. The van der Waals surface area contributed by atoms with Crippen LogP contribution in [0.4, 0.5) is 0 Å². The average Bonchev–Trinajstić information content (AvgIpc) is 3.53. The van der Waals surface area contributed by atoms with Crippen molar-refractivity contribution >= 4 is 28.5 Å². The molecule has 2 aliphatic rings. The van der Waals surface area contributed by atoms with Gasteiger partial charge in [0.1, 0.15) is 6.04 Å². The van der Waals surface area contributed by atoms with Gasteiger partial charge in [-0.15, -0.1) is 0 Å². The van der Waals surface area contributed by atoms with Gasteiger partial charge < -0.3 is 4.57 Å². The van der Waals surface area contributed by atoms with Crippen LogP contribution in [0.1, 0.15) is 40.4 Å². The zero-order valence-corrected chi connectivity index (χ0v) is 27.2. The van der Waals surface area contributed by atoms with Crippen LogP contribution in [0.25, 0.3) is 50.6 Å². The molecule has 234 valence electrons. The van der Waals surface area contributed by atoms with Crippen molar-refractivity contribution in [3.05, 3.63) is 198 Å². The molecule has 3 nitrogen and oxygen atoms in total. The van der Waals surface area contributed by atoms with Crippen molar-refractivity contribution in [2.75, 3.05) is 0 Å². The first-order valence-electron chi connectivity index (χ1n) is 17.1. The lowest BCUT2D eigenvalue weighted by Crippen LogP contribution is -2.89. The Labute approximate surface area is 287 Å². The number of aliphatic imine (C=N–C) groups is 1. The van der Waals surface area contributed by atoms with Crippen LogP contribution in [0.15, 0.2) is 175 Å². The summed E-state index contributed by atoms with van der Waals surface area (Å²) in [5.74, 6) is 1.00. The number of hydrogen-bond donors (Lipinski definition) is 1. The zero-order valence-electron chi connectivity index (χ0n) is 27.2. The molecule has 2 N–H and O–H groups in total. The lowest BCUT2D eigenvalue weighted by molar-refractivity contribution is -0.575. The van der Waals surface area contributed by atoms with E-state index in [9.17, 15) is 0 Å². The summed E-state index contributed by atoms with van der Waals surface area (Å²) in [6, 6.07) is 56.9. The maximum absolute atomic E-state index is 5.14. The van der Waals surface area contributed by atoms with Crippen molar-refractivity contribution in [2.24, 2.45) is 4.99 Å². The van der Waals surface area contributed by atoms with E-state index in [0.29, 0.717) is 0 Å². The van der Waals surface area contributed by atoms with Crippen LogP contribution in [0, 0.1) is 0 Å². The Balaban J connectivity index is 0.996. The molecule has 0 saturated carbocycles. The van der Waals surface area contributed by atoms with E-state index in [1.165, 1.54) is 55.7 Å². The van der Waals surface area contributed by atoms with E-state index < -0.39 is 0 Å². The van der Waals surface area contributed by atoms with Gasteiger partial charge in [-0.1, -0.05) is 133 Å². The normalized spacial score (nSPS) is 15.5. The van der Waals surface area contributed by atoms with E-state index in [-0.39, 0.29) is 6.04 Å². The minimum atomic E-state index is 0.158. The molecular weight excluding hydrogens is 595 g/mol. The predicted molar refractivity (Wildman–Crippen MR) is 204 cm³/mol. The number of fused-ring (bicyclic) bond motifs is 3. The molecule has 0 spiro atoms. The molecule has 1 aromatic heterocycles. The highest BCUT2D eigenvalue weighted by molar-refractivity contribution is 5.97. The molecule has 0 saturated heterocycles. The van der Waals surface area contributed by atoms with Gasteiger partial charge in [0, 0.05) is 39.5 Å². The molecule has 2 heterocycles. The van der Waals surface area contributed by atoms with Crippen LogP contribution in [0.2, 0.25) is 0 Å². The van der Waals surface area contributed by atoms with Crippen LogP contribution in [-0.4, -0.2) is 10.4 Å². The van der Waals surface area contributed by atoms with Gasteiger partial charge in [0.25, 0.3) is 0 Å². The van der Waals surface area contributed by atoms with Gasteiger partial charge in [0.15, 0.2) is 0 Å². The third-order valence-electron chi connectivity index (χ3n) is 9.85.